The lowest BCUT2D eigenvalue weighted by atomic mass is 9.88. The zero-order valence-corrected chi connectivity index (χ0v) is 13.5. The van der Waals surface area contributed by atoms with E-state index in [1.54, 1.807) is 21.3 Å². The number of hydrogen-bond acceptors (Lipinski definition) is 4. The minimum Gasteiger partial charge on any atom is -0.377 e. The molecule has 1 saturated carbocycles. The summed E-state index contributed by atoms with van der Waals surface area (Å²) in [7, 11) is 2.69. The maximum absolute atomic E-state index is 5.54. The van der Waals surface area contributed by atoms with Gasteiger partial charge in [-0.15, -0.1) is 0 Å². The van der Waals surface area contributed by atoms with Crippen molar-refractivity contribution in [3.63, 3.8) is 0 Å². The predicted octanol–water partition coefficient (Wildman–Crippen LogP) is 1.88. The molecule has 17 heavy (non-hydrogen) atoms. The van der Waals surface area contributed by atoms with Crippen molar-refractivity contribution in [2.45, 2.75) is 43.9 Å². The fraction of sp³-hybridized carbons (Fsp3) is 1.00. The number of fused-ring (bicyclic) bond motifs is 1. The van der Waals surface area contributed by atoms with Crippen LogP contribution in [-0.2, 0) is 18.0 Å². The van der Waals surface area contributed by atoms with Gasteiger partial charge < -0.3 is 18.0 Å². The molecular formula is C11H25O4PSi. The summed E-state index contributed by atoms with van der Waals surface area (Å²) in [6.45, 7) is 0. The Hall–Kier alpha value is 0.487. The molecule has 2 aliphatic rings. The second-order valence-electron chi connectivity index (χ2n) is 4.73. The summed E-state index contributed by atoms with van der Waals surface area (Å²) in [6.07, 6.45) is 6.01. The van der Waals surface area contributed by atoms with Crippen molar-refractivity contribution in [2.24, 2.45) is 5.92 Å². The Morgan fingerprint density at radius 3 is 2.24 bits per heavy atom. The minimum absolute atomic E-state index is 0. The molecule has 0 aromatic carbocycles. The molecule has 4 nitrogen and oxygen atoms in total. The minimum atomic E-state index is -2.35. The van der Waals surface area contributed by atoms with E-state index >= 15 is 0 Å². The van der Waals surface area contributed by atoms with Gasteiger partial charge in [-0.2, -0.15) is 9.90 Å². The maximum Gasteiger partial charge on any atom is 0.500 e. The molecule has 0 aromatic heterocycles. The molecule has 0 amide bonds. The Morgan fingerprint density at radius 1 is 1.06 bits per heavy atom. The summed E-state index contributed by atoms with van der Waals surface area (Å²) in [6, 6.07) is 0.915. The molecular weight excluding hydrogens is 255 g/mol. The number of hydrogen-bond donors (Lipinski definition) is 0. The van der Waals surface area contributed by atoms with E-state index < -0.39 is 8.80 Å². The zero-order valence-electron chi connectivity index (χ0n) is 11.1. The summed E-state index contributed by atoms with van der Waals surface area (Å²) < 4.78 is 21.8. The third-order valence-corrected chi connectivity index (χ3v) is 6.67. The Bertz CT molecular complexity index is 229. The smallest absolute Gasteiger partial charge is 0.377 e. The number of ether oxygens (including phenoxy) is 1. The molecule has 0 spiro atoms. The zero-order chi connectivity index (χ0) is 11.6. The molecule has 1 saturated heterocycles. The molecule has 2 fully saturated rings. The van der Waals surface area contributed by atoms with Crippen molar-refractivity contribution in [3.8, 4) is 0 Å². The van der Waals surface area contributed by atoms with Gasteiger partial charge in [0.2, 0.25) is 0 Å². The lowest BCUT2D eigenvalue weighted by Gasteiger charge is -2.27. The van der Waals surface area contributed by atoms with Crippen LogP contribution in [-0.4, -0.2) is 42.3 Å². The van der Waals surface area contributed by atoms with E-state index in [4.69, 9.17) is 18.0 Å². The van der Waals surface area contributed by atoms with Gasteiger partial charge in [-0.3, -0.25) is 0 Å². The summed E-state index contributed by atoms with van der Waals surface area (Å²) in [5, 5.41) is 0. The summed E-state index contributed by atoms with van der Waals surface area (Å²) >= 11 is 0. The topological polar surface area (TPSA) is 40.2 Å². The molecule has 102 valence electrons. The van der Waals surface area contributed by atoms with Crippen LogP contribution in [0.1, 0.15) is 25.7 Å². The fourth-order valence-electron chi connectivity index (χ4n) is 2.69. The van der Waals surface area contributed by atoms with Gasteiger partial charge in [0.05, 0.1) is 12.2 Å². The first kappa shape index (κ1) is 15.5. The summed E-state index contributed by atoms with van der Waals surface area (Å²) in [5.74, 6) is 0.760. The lowest BCUT2D eigenvalue weighted by molar-refractivity contribution is 0.120. The van der Waals surface area contributed by atoms with Crippen LogP contribution in [0.2, 0.25) is 6.04 Å². The Balaban J connectivity index is 0.00000144. The van der Waals surface area contributed by atoms with Gasteiger partial charge in [0.25, 0.3) is 0 Å². The second-order valence-corrected chi connectivity index (χ2v) is 7.82. The van der Waals surface area contributed by atoms with Crippen molar-refractivity contribution in [3.05, 3.63) is 0 Å². The highest BCUT2D eigenvalue weighted by Crippen LogP contribution is 2.41. The van der Waals surface area contributed by atoms with Crippen molar-refractivity contribution >= 4 is 18.7 Å². The van der Waals surface area contributed by atoms with Crippen LogP contribution in [0.4, 0.5) is 0 Å². The van der Waals surface area contributed by atoms with Crippen LogP contribution in [0.15, 0.2) is 0 Å². The van der Waals surface area contributed by atoms with Crippen molar-refractivity contribution in [1.82, 2.24) is 0 Å². The van der Waals surface area contributed by atoms with Crippen LogP contribution in [0.5, 0.6) is 0 Å². The molecule has 1 heterocycles. The van der Waals surface area contributed by atoms with Crippen molar-refractivity contribution in [1.29, 1.82) is 0 Å². The molecule has 0 bridgehead atoms. The van der Waals surface area contributed by atoms with Crippen LogP contribution < -0.4 is 0 Å². The second kappa shape index (κ2) is 6.59. The van der Waals surface area contributed by atoms with Crippen LogP contribution in [0, 0.1) is 5.92 Å². The standard InChI is InChI=1S/C11H22O4Si.H3P/c1-12-16(13-2,14-3)7-6-9-4-5-10-11(8-9)15-10;/h9-11H,4-8H2,1-3H3;1H3. The van der Waals surface area contributed by atoms with E-state index in [0.717, 1.165) is 18.4 Å². The quantitative estimate of drug-likeness (QED) is 0.423. The van der Waals surface area contributed by atoms with Gasteiger partial charge in [0, 0.05) is 27.4 Å². The van der Waals surface area contributed by atoms with Crippen molar-refractivity contribution < 1.29 is 18.0 Å². The van der Waals surface area contributed by atoms with Gasteiger partial charge in [-0.25, -0.2) is 0 Å². The van der Waals surface area contributed by atoms with E-state index in [1.807, 2.05) is 0 Å². The number of rotatable bonds is 6. The molecule has 1 aliphatic heterocycles. The average molecular weight is 280 g/mol. The van der Waals surface area contributed by atoms with Gasteiger partial charge in [0.1, 0.15) is 0 Å². The molecule has 4 unspecified atom stereocenters. The highest BCUT2D eigenvalue weighted by atomic mass is 31.0. The molecule has 2 rings (SSSR count). The largest absolute Gasteiger partial charge is 0.500 e. The lowest BCUT2D eigenvalue weighted by Crippen LogP contribution is -2.43. The predicted molar refractivity (Wildman–Crippen MR) is 73.3 cm³/mol. The van der Waals surface area contributed by atoms with Crippen LogP contribution in [0.3, 0.4) is 0 Å². The van der Waals surface area contributed by atoms with E-state index in [9.17, 15) is 0 Å². The fourth-order valence-corrected chi connectivity index (χ4v) is 4.56. The Morgan fingerprint density at radius 2 is 1.71 bits per heavy atom. The van der Waals surface area contributed by atoms with Gasteiger partial charge in [0.15, 0.2) is 0 Å². The highest BCUT2D eigenvalue weighted by molar-refractivity contribution is 6.92. The third-order valence-electron chi connectivity index (χ3n) is 3.90. The van der Waals surface area contributed by atoms with Gasteiger partial charge in [-0.05, 0) is 31.6 Å². The average Bonchev–Trinajstić information content (AvgIpc) is 3.10. The summed E-state index contributed by atoms with van der Waals surface area (Å²) in [4.78, 5) is 0. The van der Waals surface area contributed by atoms with Crippen molar-refractivity contribution in [2.75, 3.05) is 21.3 Å². The van der Waals surface area contributed by atoms with Crippen LogP contribution >= 0.6 is 9.90 Å². The molecule has 0 N–H and O–H groups in total. The molecule has 4 atom stereocenters. The maximum atomic E-state index is 5.54. The van der Waals surface area contributed by atoms with E-state index in [2.05, 4.69) is 0 Å². The normalized spacial score (nSPS) is 31.6. The monoisotopic (exact) mass is 280 g/mol. The van der Waals surface area contributed by atoms with Gasteiger partial charge >= 0.3 is 8.80 Å². The first-order valence-corrected chi connectivity index (χ1v) is 7.97. The molecule has 6 heteroatoms. The first-order valence-electron chi connectivity index (χ1n) is 6.04. The summed E-state index contributed by atoms with van der Waals surface area (Å²) in [5.41, 5.74) is 0. The Labute approximate surface area is 108 Å². The first-order chi connectivity index (χ1) is 7.73. The Kier molecular flexibility index (Phi) is 6.03. The third kappa shape index (κ3) is 3.72. The van der Waals surface area contributed by atoms with Gasteiger partial charge in [-0.1, -0.05) is 0 Å². The van der Waals surface area contributed by atoms with E-state index in [1.165, 1.54) is 19.3 Å². The molecule has 0 aromatic rings. The SMILES string of the molecule is CO[Si](CCC1CCC2OC2C1)(OC)OC.P. The van der Waals surface area contributed by atoms with E-state index in [-0.39, 0.29) is 9.90 Å². The molecule has 1 aliphatic carbocycles. The van der Waals surface area contributed by atoms with Crippen LogP contribution in [0.25, 0.3) is 0 Å². The highest BCUT2D eigenvalue weighted by Gasteiger charge is 2.45. The van der Waals surface area contributed by atoms with E-state index in [0.29, 0.717) is 12.2 Å². The number of epoxide rings is 1. The molecule has 0 radical (unpaired) electrons.